The Bertz CT molecular complexity index is 1430. The van der Waals surface area contributed by atoms with E-state index in [1.807, 2.05) is 23.1 Å². The predicted molar refractivity (Wildman–Crippen MR) is 146 cm³/mol. The monoisotopic (exact) mass is 502 g/mol. The van der Waals surface area contributed by atoms with Crippen LogP contribution in [0, 0.1) is 27.7 Å². The van der Waals surface area contributed by atoms with Crippen molar-refractivity contribution in [2.45, 2.75) is 39.8 Å². The lowest BCUT2D eigenvalue weighted by molar-refractivity contribution is 0.472. The Morgan fingerprint density at radius 1 is 0.971 bits per heavy atom. The number of pyridine rings is 1. The molecule has 0 unspecified atom stereocenters. The van der Waals surface area contributed by atoms with Crippen molar-refractivity contribution in [1.29, 1.82) is 0 Å². The molecule has 1 fully saturated rings. The molecule has 0 aliphatic carbocycles. The minimum absolute atomic E-state index is 0.119. The van der Waals surface area contributed by atoms with Crippen LogP contribution in [0.4, 0.5) is 5.69 Å². The number of hydrogen-bond acceptors (Lipinski definition) is 3. The molecule has 2 aromatic carbocycles. The van der Waals surface area contributed by atoms with E-state index >= 15 is 0 Å². The van der Waals surface area contributed by atoms with Gasteiger partial charge >= 0.3 is 0 Å². The third-order valence-electron chi connectivity index (χ3n) is 6.69. The highest BCUT2D eigenvalue weighted by molar-refractivity contribution is 7.80. The number of aromatic hydroxyl groups is 1. The maximum absolute atomic E-state index is 10.8. The van der Waals surface area contributed by atoms with Crippen LogP contribution in [0.3, 0.4) is 0 Å². The van der Waals surface area contributed by atoms with E-state index in [1.54, 1.807) is 24.4 Å². The number of anilines is 1. The number of thiocarbonyl (C=S) groups is 1. The fraction of sp³-hybridized carbons (Fsp3) is 0.214. The van der Waals surface area contributed by atoms with Gasteiger partial charge in [-0.3, -0.25) is 4.98 Å². The maximum atomic E-state index is 10.8. The number of hydrogen-bond donors (Lipinski definition) is 2. The average molecular weight is 503 g/mol. The van der Waals surface area contributed by atoms with Gasteiger partial charge in [0.25, 0.3) is 0 Å². The summed E-state index contributed by atoms with van der Waals surface area (Å²) in [5.41, 5.74) is 8.35. The Morgan fingerprint density at radius 3 is 2.51 bits per heavy atom. The summed E-state index contributed by atoms with van der Waals surface area (Å²) in [5, 5.41) is 15.3. The number of phenolic OH excluding ortho intramolecular Hbond substituents is 1. The summed E-state index contributed by atoms with van der Waals surface area (Å²) < 4.78 is 2.30. The molecule has 0 amide bonds. The topological polar surface area (TPSA) is 53.3 Å². The molecule has 0 bridgehead atoms. The van der Waals surface area contributed by atoms with E-state index in [4.69, 9.17) is 23.8 Å². The van der Waals surface area contributed by atoms with Crippen molar-refractivity contribution in [2.24, 2.45) is 0 Å². The first-order valence-corrected chi connectivity index (χ1v) is 12.3. The average Bonchev–Trinajstić information content (AvgIpc) is 3.33. The Kier molecular flexibility index (Phi) is 6.03. The minimum Gasteiger partial charge on any atom is -0.506 e. The summed E-state index contributed by atoms with van der Waals surface area (Å²) in [6.45, 7) is 8.50. The number of rotatable bonds is 4. The van der Waals surface area contributed by atoms with Gasteiger partial charge in [0.15, 0.2) is 5.11 Å². The van der Waals surface area contributed by atoms with Crippen LogP contribution >= 0.6 is 23.8 Å². The van der Waals surface area contributed by atoms with Gasteiger partial charge in [0, 0.05) is 28.3 Å². The van der Waals surface area contributed by atoms with Gasteiger partial charge in [0.1, 0.15) is 5.75 Å². The van der Waals surface area contributed by atoms with Gasteiger partial charge in [-0.05, 0) is 99.1 Å². The number of nitrogens with one attached hydrogen (secondary N) is 1. The standard InChI is InChI=1S/C28H27ClN4OS/c1-16-8-9-17(2)23(13-16)32-18(3)14-21(19(32)4)27-26(22-7-5-6-12-30-22)31-28(35)33(27)24-15-20(29)10-11-25(24)34/h5-15,26-27,34H,1-4H3,(H,31,35)/t26-,27-/m0/s1. The first-order chi connectivity index (χ1) is 16.8. The molecule has 7 heteroatoms. The normalized spacial score (nSPS) is 17.6. The molecule has 1 aliphatic rings. The van der Waals surface area contributed by atoms with E-state index in [2.05, 4.69) is 66.8 Å². The van der Waals surface area contributed by atoms with Crippen molar-refractivity contribution in [2.75, 3.05) is 4.90 Å². The molecule has 0 radical (unpaired) electrons. The third kappa shape index (κ3) is 4.07. The third-order valence-corrected chi connectivity index (χ3v) is 7.24. The number of nitrogens with zero attached hydrogens (tertiary/aromatic N) is 3. The Balaban J connectivity index is 1.73. The van der Waals surface area contributed by atoms with Crippen molar-refractivity contribution in [3.63, 3.8) is 0 Å². The van der Waals surface area contributed by atoms with E-state index in [1.165, 1.54) is 11.1 Å². The smallest absolute Gasteiger partial charge is 0.174 e. The van der Waals surface area contributed by atoms with Crippen LogP contribution in [-0.4, -0.2) is 19.8 Å². The van der Waals surface area contributed by atoms with Crippen LogP contribution in [0.2, 0.25) is 5.02 Å². The number of aryl methyl sites for hydroxylation is 3. The van der Waals surface area contributed by atoms with E-state index in [0.717, 1.165) is 28.3 Å². The highest BCUT2D eigenvalue weighted by Gasteiger charge is 2.43. The molecule has 5 nitrogen and oxygen atoms in total. The fourth-order valence-corrected chi connectivity index (χ4v) is 5.54. The van der Waals surface area contributed by atoms with Gasteiger partial charge in [0.2, 0.25) is 0 Å². The molecule has 178 valence electrons. The highest BCUT2D eigenvalue weighted by atomic mass is 35.5. The van der Waals surface area contributed by atoms with Gasteiger partial charge in [-0.25, -0.2) is 0 Å². The first kappa shape index (κ1) is 23.4. The summed E-state index contributed by atoms with van der Waals surface area (Å²) >= 11 is 12.2. The van der Waals surface area contributed by atoms with E-state index in [-0.39, 0.29) is 17.8 Å². The molecule has 4 aromatic rings. The zero-order valence-corrected chi connectivity index (χ0v) is 21.7. The van der Waals surface area contributed by atoms with Crippen LogP contribution < -0.4 is 10.2 Å². The Morgan fingerprint density at radius 2 is 1.77 bits per heavy atom. The number of aromatic nitrogens is 2. The molecule has 5 rings (SSSR count). The summed E-state index contributed by atoms with van der Waals surface area (Å²) in [6.07, 6.45) is 1.79. The van der Waals surface area contributed by atoms with Crippen LogP contribution in [0.1, 0.15) is 45.9 Å². The van der Waals surface area contributed by atoms with Crippen molar-refractivity contribution >= 4 is 34.6 Å². The SMILES string of the molecule is Cc1ccc(C)c(-n2c(C)cc([C@H]3[C@H](c4ccccn4)NC(=S)N3c3cc(Cl)ccc3O)c2C)c1. The lowest BCUT2D eigenvalue weighted by Crippen LogP contribution is -2.29. The van der Waals surface area contributed by atoms with E-state index in [9.17, 15) is 5.11 Å². The van der Waals surface area contributed by atoms with Crippen molar-refractivity contribution < 1.29 is 5.11 Å². The van der Waals surface area contributed by atoms with Crippen LogP contribution in [0.25, 0.3) is 5.69 Å². The second kappa shape index (κ2) is 9.02. The largest absolute Gasteiger partial charge is 0.506 e. The quantitative estimate of drug-likeness (QED) is 0.306. The summed E-state index contributed by atoms with van der Waals surface area (Å²) in [6, 6.07) is 19.2. The second-order valence-corrected chi connectivity index (χ2v) is 9.90. The van der Waals surface area contributed by atoms with Crippen LogP contribution in [0.5, 0.6) is 5.75 Å². The molecular weight excluding hydrogens is 476 g/mol. The number of benzene rings is 2. The Hall–Kier alpha value is -3.35. The summed E-state index contributed by atoms with van der Waals surface area (Å²) in [7, 11) is 0. The molecule has 0 saturated carbocycles. The predicted octanol–water partition coefficient (Wildman–Crippen LogP) is 6.64. The Labute approximate surface area is 216 Å². The number of halogens is 1. The summed E-state index contributed by atoms with van der Waals surface area (Å²) in [4.78, 5) is 6.60. The first-order valence-electron chi connectivity index (χ1n) is 11.5. The zero-order chi connectivity index (χ0) is 24.9. The van der Waals surface area contributed by atoms with Crippen LogP contribution in [0.15, 0.2) is 66.9 Å². The van der Waals surface area contributed by atoms with Gasteiger partial charge in [-0.15, -0.1) is 0 Å². The molecule has 3 heterocycles. The fourth-order valence-electron chi connectivity index (χ4n) is 5.04. The van der Waals surface area contributed by atoms with Gasteiger partial charge in [-0.2, -0.15) is 0 Å². The van der Waals surface area contributed by atoms with E-state index in [0.29, 0.717) is 15.8 Å². The van der Waals surface area contributed by atoms with Gasteiger partial charge in [-0.1, -0.05) is 29.8 Å². The molecule has 35 heavy (non-hydrogen) atoms. The van der Waals surface area contributed by atoms with Crippen LogP contribution in [-0.2, 0) is 0 Å². The number of phenols is 1. The zero-order valence-electron chi connectivity index (χ0n) is 20.1. The summed E-state index contributed by atoms with van der Waals surface area (Å²) in [5.74, 6) is 0.119. The molecule has 1 aliphatic heterocycles. The minimum atomic E-state index is -0.244. The lowest BCUT2D eigenvalue weighted by Gasteiger charge is -2.29. The molecule has 1 saturated heterocycles. The molecular formula is C28H27ClN4OS. The van der Waals surface area contributed by atoms with Gasteiger partial charge < -0.3 is 19.9 Å². The second-order valence-electron chi connectivity index (χ2n) is 9.08. The maximum Gasteiger partial charge on any atom is 0.174 e. The molecule has 2 atom stereocenters. The van der Waals surface area contributed by atoms with Crippen molar-refractivity contribution in [1.82, 2.24) is 14.9 Å². The van der Waals surface area contributed by atoms with Gasteiger partial charge in [0.05, 0.1) is 23.5 Å². The molecule has 0 spiro atoms. The van der Waals surface area contributed by atoms with Crippen molar-refractivity contribution in [3.8, 4) is 11.4 Å². The van der Waals surface area contributed by atoms with E-state index < -0.39 is 0 Å². The highest BCUT2D eigenvalue weighted by Crippen LogP contribution is 2.46. The molecule has 2 aromatic heterocycles. The lowest BCUT2D eigenvalue weighted by atomic mass is 9.96. The molecule has 2 N–H and O–H groups in total. The van der Waals surface area contributed by atoms with Crippen molar-refractivity contribution in [3.05, 3.63) is 106 Å².